The molecule has 0 unspecified atom stereocenters. The lowest BCUT2D eigenvalue weighted by atomic mass is 10.1. The van der Waals surface area contributed by atoms with Gasteiger partial charge in [0.2, 0.25) is 0 Å². The topological polar surface area (TPSA) is 32.8 Å². The second kappa shape index (κ2) is 8.12. The molecule has 0 radical (unpaired) electrons. The van der Waals surface area contributed by atoms with E-state index in [9.17, 15) is 9.18 Å². The second-order valence-electron chi connectivity index (χ2n) is 6.10. The Balaban J connectivity index is 1.53. The van der Waals surface area contributed by atoms with Gasteiger partial charge in [0.25, 0.3) is 0 Å². The number of Topliss-reactive ketones (excluding diaryl/α,β-unsaturated/α-hetero) is 1. The van der Waals surface area contributed by atoms with Crippen LogP contribution >= 0.6 is 0 Å². The predicted octanol–water partition coefficient (Wildman–Crippen LogP) is 3.23. The lowest BCUT2D eigenvalue weighted by molar-refractivity contribution is 0.0926. The zero-order chi connectivity index (χ0) is 17.6. The molecule has 4 nitrogen and oxygen atoms in total. The molecule has 2 aromatic rings. The number of hydrogen-bond acceptors (Lipinski definition) is 4. The number of nitrogens with zero attached hydrogens (tertiary/aromatic N) is 2. The van der Waals surface area contributed by atoms with Crippen LogP contribution in [0.3, 0.4) is 0 Å². The van der Waals surface area contributed by atoms with Gasteiger partial charge in [0, 0.05) is 31.7 Å². The van der Waals surface area contributed by atoms with Crippen molar-refractivity contribution in [3.8, 4) is 5.75 Å². The van der Waals surface area contributed by atoms with Gasteiger partial charge in [0.05, 0.1) is 18.8 Å². The number of para-hydroxylation sites is 1. The highest BCUT2D eigenvalue weighted by Crippen LogP contribution is 2.20. The molecule has 0 aromatic heterocycles. The Morgan fingerprint density at radius 2 is 1.72 bits per heavy atom. The Labute approximate surface area is 147 Å². The molecule has 1 heterocycles. The van der Waals surface area contributed by atoms with Crippen LogP contribution in [-0.2, 0) is 0 Å². The van der Waals surface area contributed by atoms with Crippen LogP contribution in [0.15, 0.2) is 48.5 Å². The lowest BCUT2D eigenvalue weighted by Crippen LogP contribution is -2.48. The monoisotopic (exact) mass is 342 g/mol. The summed E-state index contributed by atoms with van der Waals surface area (Å²) in [5.41, 5.74) is 1.33. The fraction of sp³-hybridized carbons (Fsp3) is 0.350. The van der Waals surface area contributed by atoms with Crippen LogP contribution in [0.2, 0.25) is 0 Å². The third kappa shape index (κ3) is 4.37. The van der Waals surface area contributed by atoms with Gasteiger partial charge >= 0.3 is 0 Å². The minimum absolute atomic E-state index is 0.0994. The van der Waals surface area contributed by atoms with Gasteiger partial charge in [-0.2, -0.15) is 0 Å². The van der Waals surface area contributed by atoms with E-state index >= 15 is 0 Å². The van der Waals surface area contributed by atoms with Crippen molar-refractivity contribution in [3.63, 3.8) is 0 Å². The second-order valence-corrected chi connectivity index (χ2v) is 6.10. The standard InChI is InChI=1S/C20H23FN2O2/c1-2-25-17-9-7-16(8-10-17)20(24)15-22-11-13-23(14-12-22)19-6-4-3-5-18(19)21/h3-10H,2,11-15H2,1H3. The van der Waals surface area contributed by atoms with E-state index in [1.165, 1.54) is 6.07 Å². The Bertz CT molecular complexity index is 710. The van der Waals surface area contributed by atoms with Gasteiger partial charge in [-0.05, 0) is 43.3 Å². The summed E-state index contributed by atoms with van der Waals surface area (Å²) in [5, 5.41) is 0. The molecule has 0 amide bonds. The van der Waals surface area contributed by atoms with Gasteiger partial charge in [0.1, 0.15) is 11.6 Å². The van der Waals surface area contributed by atoms with Crippen molar-refractivity contribution in [3.05, 3.63) is 59.9 Å². The van der Waals surface area contributed by atoms with Crippen LogP contribution in [0.1, 0.15) is 17.3 Å². The first kappa shape index (κ1) is 17.4. The van der Waals surface area contributed by atoms with Crippen LogP contribution in [0.25, 0.3) is 0 Å². The minimum atomic E-state index is -0.193. The molecule has 0 N–H and O–H groups in total. The van der Waals surface area contributed by atoms with Crippen molar-refractivity contribution in [1.82, 2.24) is 4.90 Å². The zero-order valence-electron chi connectivity index (χ0n) is 14.5. The average molecular weight is 342 g/mol. The van der Waals surface area contributed by atoms with Gasteiger partial charge in [-0.1, -0.05) is 12.1 Å². The number of hydrogen-bond donors (Lipinski definition) is 0. The number of rotatable bonds is 6. The van der Waals surface area contributed by atoms with E-state index in [4.69, 9.17) is 4.74 Å². The fourth-order valence-corrected chi connectivity index (χ4v) is 3.05. The van der Waals surface area contributed by atoms with Gasteiger partial charge in [-0.3, -0.25) is 9.69 Å². The molecule has 1 fully saturated rings. The number of ether oxygens (including phenoxy) is 1. The Hall–Kier alpha value is -2.40. The summed E-state index contributed by atoms with van der Waals surface area (Å²) in [7, 11) is 0. The number of carbonyl (C=O) groups excluding carboxylic acids is 1. The minimum Gasteiger partial charge on any atom is -0.494 e. The Kier molecular flexibility index (Phi) is 5.66. The van der Waals surface area contributed by atoms with Crippen LogP contribution in [0.5, 0.6) is 5.75 Å². The van der Waals surface area contributed by atoms with E-state index < -0.39 is 0 Å². The van der Waals surface area contributed by atoms with E-state index in [-0.39, 0.29) is 11.6 Å². The largest absolute Gasteiger partial charge is 0.494 e. The number of halogens is 1. The molecule has 3 rings (SSSR count). The molecule has 0 spiro atoms. The Morgan fingerprint density at radius 1 is 1.04 bits per heavy atom. The summed E-state index contributed by atoms with van der Waals surface area (Å²) in [5.74, 6) is 0.682. The van der Waals surface area contributed by atoms with Crippen molar-refractivity contribution in [2.24, 2.45) is 0 Å². The van der Waals surface area contributed by atoms with Gasteiger partial charge < -0.3 is 9.64 Å². The van der Waals surface area contributed by atoms with Crippen LogP contribution < -0.4 is 9.64 Å². The maximum Gasteiger partial charge on any atom is 0.176 e. The van der Waals surface area contributed by atoms with Crippen LogP contribution in [0, 0.1) is 5.82 Å². The van der Waals surface area contributed by atoms with Gasteiger partial charge in [-0.15, -0.1) is 0 Å². The summed E-state index contributed by atoms with van der Waals surface area (Å²) in [6, 6.07) is 14.1. The van der Waals surface area contributed by atoms with E-state index in [1.807, 2.05) is 42.2 Å². The summed E-state index contributed by atoms with van der Waals surface area (Å²) in [4.78, 5) is 16.6. The zero-order valence-corrected chi connectivity index (χ0v) is 14.5. The molecule has 1 aliphatic heterocycles. The average Bonchev–Trinajstić information content (AvgIpc) is 2.64. The molecular formula is C20H23FN2O2. The van der Waals surface area contributed by atoms with Crippen molar-refractivity contribution < 1.29 is 13.9 Å². The highest BCUT2D eigenvalue weighted by molar-refractivity contribution is 5.97. The van der Waals surface area contributed by atoms with E-state index in [0.29, 0.717) is 24.4 Å². The van der Waals surface area contributed by atoms with E-state index in [2.05, 4.69) is 4.90 Å². The maximum atomic E-state index is 13.9. The van der Waals surface area contributed by atoms with Crippen LogP contribution in [-0.4, -0.2) is 50.0 Å². The third-order valence-electron chi connectivity index (χ3n) is 4.42. The summed E-state index contributed by atoms with van der Waals surface area (Å²) in [6.07, 6.45) is 0. The molecule has 1 saturated heterocycles. The van der Waals surface area contributed by atoms with E-state index in [1.54, 1.807) is 12.1 Å². The first-order valence-electron chi connectivity index (χ1n) is 8.65. The molecule has 0 aliphatic carbocycles. The van der Waals surface area contributed by atoms with Crippen molar-refractivity contribution in [2.45, 2.75) is 6.92 Å². The summed E-state index contributed by atoms with van der Waals surface area (Å²) in [6.45, 7) is 5.86. The van der Waals surface area contributed by atoms with Gasteiger partial charge in [-0.25, -0.2) is 4.39 Å². The molecule has 132 valence electrons. The summed E-state index contributed by atoms with van der Waals surface area (Å²) >= 11 is 0. The van der Waals surface area contributed by atoms with Gasteiger partial charge in [0.15, 0.2) is 5.78 Å². The molecule has 0 atom stereocenters. The fourth-order valence-electron chi connectivity index (χ4n) is 3.05. The molecule has 5 heteroatoms. The highest BCUT2D eigenvalue weighted by Gasteiger charge is 2.21. The quantitative estimate of drug-likeness (QED) is 0.755. The van der Waals surface area contributed by atoms with Crippen molar-refractivity contribution in [2.75, 3.05) is 44.2 Å². The lowest BCUT2D eigenvalue weighted by Gasteiger charge is -2.35. The summed E-state index contributed by atoms with van der Waals surface area (Å²) < 4.78 is 19.3. The predicted molar refractivity (Wildman–Crippen MR) is 97.0 cm³/mol. The number of piperazine rings is 1. The molecule has 0 saturated carbocycles. The number of ketones is 1. The Morgan fingerprint density at radius 3 is 2.36 bits per heavy atom. The number of carbonyl (C=O) groups is 1. The third-order valence-corrected chi connectivity index (χ3v) is 4.42. The van der Waals surface area contributed by atoms with Crippen molar-refractivity contribution >= 4 is 11.5 Å². The smallest absolute Gasteiger partial charge is 0.176 e. The number of benzene rings is 2. The number of anilines is 1. The van der Waals surface area contributed by atoms with Crippen LogP contribution in [0.4, 0.5) is 10.1 Å². The molecule has 1 aliphatic rings. The first-order chi connectivity index (χ1) is 12.2. The molecule has 25 heavy (non-hydrogen) atoms. The SMILES string of the molecule is CCOc1ccc(C(=O)CN2CCN(c3ccccc3F)CC2)cc1. The maximum absolute atomic E-state index is 13.9. The first-order valence-corrected chi connectivity index (χ1v) is 8.65. The molecular weight excluding hydrogens is 319 g/mol. The molecule has 2 aromatic carbocycles. The molecule has 0 bridgehead atoms. The highest BCUT2D eigenvalue weighted by atomic mass is 19.1. The van der Waals surface area contributed by atoms with Crippen molar-refractivity contribution in [1.29, 1.82) is 0 Å². The normalized spacial score (nSPS) is 15.2. The van der Waals surface area contributed by atoms with E-state index in [0.717, 1.165) is 31.9 Å².